The van der Waals surface area contributed by atoms with Crippen LogP contribution in [0.3, 0.4) is 0 Å². The van der Waals surface area contributed by atoms with Gasteiger partial charge in [-0.15, -0.1) is 0 Å². The summed E-state index contributed by atoms with van der Waals surface area (Å²) < 4.78 is 24.7. The fraction of sp³-hybridized carbons (Fsp3) is 0.471. The molecule has 2 aliphatic heterocycles. The van der Waals surface area contributed by atoms with E-state index in [1.165, 1.54) is 18.1 Å². The zero-order chi connectivity index (χ0) is 19.8. The zero-order valence-corrected chi connectivity index (χ0v) is 18.1. The summed E-state index contributed by atoms with van der Waals surface area (Å²) in [5.41, 5.74) is 3.70. The highest BCUT2D eigenvalue weighted by Gasteiger charge is 2.32. The Balaban J connectivity index is 0.00000126. The standard InChI is InChI=1S/C16H19FN4O3S.CH3I/c1-23-15(25)5-3-12-9-21(16(22)24-12)11-2-4-14(13(17)8-11)20-7-6-18-19-10-20;1-2/h2,4,8,10,12,18H,3,5-7,9H2,1H3;1H3/t12-;/m0./s1. The molecule has 7 nitrogen and oxygen atoms in total. The van der Waals surface area contributed by atoms with E-state index in [9.17, 15) is 9.18 Å². The van der Waals surface area contributed by atoms with Gasteiger partial charge < -0.3 is 19.8 Å². The number of amides is 1. The number of anilines is 2. The average Bonchev–Trinajstić information content (AvgIpc) is 3.09. The molecule has 1 aromatic rings. The van der Waals surface area contributed by atoms with Gasteiger partial charge in [-0.2, -0.15) is 5.10 Å². The summed E-state index contributed by atoms with van der Waals surface area (Å²) in [4.78, 5) is 17.2. The topological polar surface area (TPSA) is 66.4 Å². The Kier molecular flexibility index (Phi) is 8.48. The fourth-order valence-electron chi connectivity index (χ4n) is 2.75. The Morgan fingerprint density at radius 2 is 2.30 bits per heavy atom. The molecule has 3 rings (SSSR count). The lowest BCUT2D eigenvalue weighted by molar-refractivity contribution is 0.137. The van der Waals surface area contributed by atoms with E-state index < -0.39 is 11.9 Å². The van der Waals surface area contributed by atoms with E-state index in [1.54, 1.807) is 23.4 Å². The number of ether oxygens (including phenoxy) is 2. The van der Waals surface area contributed by atoms with Crippen LogP contribution in [0.4, 0.5) is 20.6 Å². The summed E-state index contributed by atoms with van der Waals surface area (Å²) in [5.74, 6) is -0.414. The van der Waals surface area contributed by atoms with Crippen LogP contribution in [-0.2, 0) is 9.47 Å². The van der Waals surface area contributed by atoms with Crippen LogP contribution in [0.5, 0.6) is 0 Å². The van der Waals surface area contributed by atoms with E-state index >= 15 is 0 Å². The number of rotatable bonds is 5. The van der Waals surface area contributed by atoms with Gasteiger partial charge in [0, 0.05) is 13.0 Å². The van der Waals surface area contributed by atoms with Gasteiger partial charge in [0.25, 0.3) is 0 Å². The van der Waals surface area contributed by atoms with Gasteiger partial charge in [0.1, 0.15) is 18.3 Å². The number of cyclic esters (lactones) is 1. The number of carbonyl (C=O) groups excluding carboxylic acids is 1. The number of hydrogen-bond acceptors (Lipinski definition) is 7. The second-order valence-corrected chi connectivity index (χ2v) is 6.17. The molecule has 10 heteroatoms. The Morgan fingerprint density at radius 3 is 2.93 bits per heavy atom. The monoisotopic (exact) mass is 508 g/mol. The van der Waals surface area contributed by atoms with E-state index in [0.29, 0.717) is 48.9 Å². The highest BCUT2D eigenvalue weighted by atomic mass is 127. The number of benzene rings is 1. The number of methoxy groups -OCH3 is 1. The van der Waals surface area contributed by atoms with Gasteiger partial charge in [0.2, 0.25) is 0 Å². The van der Waals surface area contributed by atoms with Crippen LogP contribution in [0.15, 0.2) is 23.3 Å². The molecule has 1 amide bonds. The van der Waals surface area contributed by atoms with Gasteiger partial charge in [0.15, 0.2) is 5.05 Å². The Morgan fingerprint density at radius 1 is 1.52 bits per heavy atom. The molecule has 2 aliphatic rings. The smallest absolute Gasteiger partial charge is 0.414 e. The van der Waals surface area contributed by atoms with E-state index in [1.807, 2.05) is 4.93 Å². The maximum atomic E-state index is 14.5. The Labute approximate surface area is 177 Å². The molecule has 0 radical (unpaired) electrons. The van der Waals surface area contributed by atoms with Crippen LogP contribution in [0.2, 0.25) is 0 Å². The molecule has 0 bridgehead atoms. The van der Waals surface area contributed by atoms with Crippen molar-refractivity contribution in [2.45, 2.75) is 18.9 Å². The van der Waals surface area contributed by atoms with E-state index in [2.05, 4.69) is 33.1 Å². The average molecular weight is 508 g/mol. The summed E-state index contributed by atoms with van der Waals surface area (Å²) >= 11 is 7.14. The number of halogens is 2. The molecule has 27 heavy (non-hydrogen) atoms. The number of hydrazone groups is 1. The first-order valence-electron chi connectivity index (χ1n) is 8.33. The fourth-order valence-corrected chi connectivity index (χ4v) is 2.86. The normalized spacial score (nSPS) is 18.4. The van der Waals surface area contributed by atoms with Gasteiger partial charge in [-0.05, 0) is 41.8 Å². The minimum absolute atomic E-state index is 0.288. The van der Waals surface area contributed by atoms with Crippen molar-refractivity contribution in [2.75, 3.05) is 41.5 Å². The minimum atomic E-state index is -0.482. The molecule has 0 unspecified atom stereocenters. The van der Waals surface area contributed by atoms with E-state index in [0.717, 1.165) is 0 Å². The highest BCUT2D eigenvalue weighted by Crippen LogP contribution is 2.28. The van der Waals surface area contributed by atoms with Crippen molar-refractivity contribution in [3.8, 4) is 0 Å². The number of carbonyl (C=O) groups is 1. The van der Waals surface area contributed by atoms with Crippen molar-refractivity contribution in [1.29, 1.82) is 0 Å². The second kappa shape index (κ2) is 10.6. The summed E-state index contributed by atoms with van der Waals surface area (Å²) in [7, 11) is 1.52. The Hall–Kier alpha value is -1.69. The van der Waals surface area contributed by atoms with Crippen molar-refractivity contribution in [1.82, 2.24) is 5.43 Å². The molecule has 0 spiro atoms. The molecule has 1 N–H and O–H groups in total. The third-order valence-electron chi connectivity index (χ3n) is 4.08. The van der Waals surface area contributed by atoms with Crippen molar-refractivity contribution < 1.29 is 18.7 Å². The van der Waals surface area contributed by atoms with Gasteiger partial charge in [0.05, 0.1) is 31.6 Å². The predicted octanol–water partition coefficient (Wildman–Crippen LogP) is 3.31. The van der Waals surface area contributed by atoms with Crippen molar-refractivity contribution >= 4 is 63.7 Å². The van der Waals surface area contributed by atoms with E-state index in [-0.39, 0.29) is 6.10 Å². The van der Waals surface area contributed by atoms with E-state index in [4.69, 9.17) is 21.7 Å². The van der Waals surface area contributed by atoms with Crippen LogP contribution in [0.25, 0.3) is 0 Å². The van der Waals surface area contributed by atoms with Crippen LogP contribution < -0.4 is 15.2 Å². The first-order valence-corrected chi connectivity index (χ1v) is 10.9. The summed E-state index contributed by atoms with van der Waals surface area (Å²) in [6, 6.07) is 4.69. The lowest BCUT2D eigenvalue weighted by Gasteiger charge is -2.24. The van der Waals surface area contributed by atoms with Crippen LogP contribution in [0.1, 0.15) is 12.8 Å². The largest absolute Gasteiger partial charge is 0.490 e. The van der Waals surface area contributed by atoms with Gasteiger partial charge in [-0.1, -0.05) is 22.6 Å². The number of hydrogen-bond donors (Lipinski definition) is 1. The van der Waals surface area contributed by atoms with Crippen LogP contribution in [0, 0.1) is 5.82 Å². The SMILES string of the molecule is CI.COC(=S)CC[C@H]1CN(c2ccc(N3C=NNCC3)c(F)c2)C(=O)O1. The molecule has 148 valence electrons. The minimum Gasteiger partial charge on any atom is -0.490 e. The van der Waals surface area contributed by atoms with Gasteiger partial charge in [-0.25, -0.2) is 9.18 Å². The molecule has 0 saturated carbocycles. The number of alkyl halides is 1. The highest BCUT2D eigenvalue weighted by molar-refractivity contribution is 14.1. The first-order chi connectivity index (χ1) is 13.1. The molecule has 2 heterocycles. The molecule has 1 aromatic carbocycles. The van der Waals surface area contributed by atoms with Crippen molar-refractivity contribution in [3.05, 3.63) is 24.0 Å². The van der Waals surface area contributed by atoms with Crippen LogP contribution >= 0.6 is 34.8 Å². The lowest BCUT2D eigenvalue weighted by Crippen LogP contribution is -2.35. The third-order valence-corrected chi connectivity index (χ3v) is 4.45. The predicted molar refractivity (Wildman–Crippen MR) is 117 cm³/mol. The third kappa shape index (κ3) is 5.64. The summed E-state index contributed by atoms with van der Waals surface area (Å²) in [5, 5.41) is 4.39. The quantitative estimate of drug-likeness (QED) is 0.374. The maximum absolute atomic E-state index is 14.5. The number of nitrogens with zero attached hydrogens (tertiary/aromatic N) is 3. The Bertz CT molecular complexity index is 707. The molecule has 1 atom stereocenters. The molecular weight excluding hydrogens is 486 g/mol. The number of nitrogens with one attached hydrogen (secondary N) is 1. The molecule has 0 aromatic heterocycles. The number of thiocarbonyl (C=S) groups is 1. The van der Waals surface area contributed by atoms with Crippen LogP contribution in [-0.4, -0.2) is 55.3 Å². The lowest BCUT2D eigenvalue weighted by atomic mass is 10.2. The first kappa shape index (κ1) is 21.6. The molecule has 1 saturated heterocycles. The molecule has 0 aliphatic carbocycles. The zero-order valence-electron chi connectivity index (χ0n) is 15.2. The maximum Gasteiger partial charge on any atom is 0.414 e. The van der Waals surface area contributed by atoms with Crippen molar-refractivity contribution in [2.24, 2.45) is 5.10 Å². The van der Waals surface area contributed by atoms with Crippen molar-refractivity contribution in [3.63, 3.8) is 0 Å². The molecule has 1 fully saturated rings. The van der Waals surface area contributed by atoms with Gasteiger partial charge in [-0.3, -0.25) is 4.90 Å². The molecular formula is C17H22FIN4O3S. The second-order valence-electron chi connectivity index (χ2n) is 5.71. The summed E-state index contributed by atoms with van der Waals surface area (Å²) in [6.07, 6.45) is 1.88. The summed E-state index contributed by atoms with van der Waals surface area (Å²) in [6.45, 7) is 1.62. The van der Waals surface area contributed by atoms with Gasteiger partial charge >= 0.3 is 6.09 Å².